The summed E-state index contributed by atoms with van der Waals surface area (Å²) < 4.78 is 39.7. The Morgan fingerprint density at radius 2 is 1.84 bits per heavy atom. The zero-order chi connectivity index (χ0) is 14.0. The van der Waals surface area contributed by atoms with E-state index in [9.17, 15) is 12.8 Å². The molecule has 0 bridgehead atoms. The van der Waals surface area contributed by atoms with Crippen molar-refractivity contribution in [2.45, 2.75) is 4.90 Å². The Kier molecular flexibility index (Phi) is 3.64. The minimum Gasteiger partial charge on any atom is -0.397 e. The highest BCUT2D eigenvalue weighted by atomic mass is 35.5. The Bertz CT molecular complexity index is 719. The van der Waals surface area contributed by atoms with Crippen LogP contribution in [0.4, 0.5) is 15.8 Å². The summed E-state index contributed by atoms with van der Waals surface area (Å²) in [7, 11) is -4.00. The molecule has 0 amide bonds. The predicted molar refractivity (Wildman–Crippen MR) is 73.1 cm³/mol. The van der Waals surface area contributed by atoms with E-state index < -0.39 is 20.7 Å². The lowest BCUT2D eigenvalue weighted by atomic mass is 10.3. The largest absolute Gasteiger partial charge is 0.397 e. The maximum Gasteiger partial charge on any atom is 0.264 e. The molecule has 0 aromatic heterocycles. The van der Waals surface area contributed by atoms with Gasteiger partial charge in [0.15, 0.2) is 0 Å². The lowest BCUT2D eigenvalue weighted by Gasteiger charge is -2.09. The van der Waals surface area contributed by atoms with Gasteiger partial charge in [-0.3, -0.25) is 4.72 Å². The summed E-state index contributed by atoms with van der Waals surface area (Å²) in [5.74, 6) is -0.822. The number of anilines is 2. The van der Waals surface area contributed by atoms with Gasteiger partial charge in [-0.25, -0.2) is 12.8 Å². The highest BCUT2D eigenvalue weighted by molar-refractivity contribution is 7.92. The van der Waals surface area contributed by atoms with Crippen LogP contribution in [0, 0.1) is 5.82 Å². The number of nitrogens with two attached hydrogens (primary N) is 1. The average molecular weight is 301 g/mol. The number of benzene rings is 2. The topological polar surface area (TPSA) is 72.2 Å². The van der Waals surface area contributed by atoms with Crippen LogP contribution in [0.5, 0.6) is 0 Å². The first kappa shape index (κ1) is 13.6. The predicted octanol–water partition coefficient (Wildman–Crippen LogP) is 2.86. The van der Waals surface area contributed by atoms with Crippen LogP contribution in [-0.4, -0.2) is 8.42 Å². The summed E-state index contributed by atoms with van der Waals surface area (Å²) in [6, 6.07) is 9.36. The number of sulfonamides is 1. The SMILES string of the molecule is Nc1cc(NS(=O)(=O)c2ccccc2F)ccc1Cl. The van der Waals surface area contributed by atoms with Gasteiger partial charge in [0.1, 0.15) is 10.7 Å². The van der Waals surface area contributed by atoms with Gasteiger partial charge < -0.3 is 5.73 Å². The van der Waals surface area contributed by atoms with Crippen molar-refractivity contribution < 1.29 is 12.8 Å². The van der Waals surface area contributed by atoms with Crippen molar-refractivity contribution in [2.75, 3.05) is 10.5 Å². The zero-order valence-electron chi connectivity index (χ0n) is 9.60. The first-order valence-electron chi connectivity index (χ1n) is 5.22. The third-order valence-electron chi connectivity index (χ3n) is 2.37. The van der Waals surface area contributed by atoms with Crippen molar-refractivity contribution in [1.82, 2.24) is 0 Å². The van der Waals surface area contributed by atoms with Crippen LogP contribution in [0.3, 0.4) is 0 Å². The van der Waals surface area contributed by atoms with Gasteiger partial charge >= 0.3 is 0 Å². The number of hydrogen-bond acceptors (Lipinski definition) is 3. The first-order valence-corrected chi connectivity index (χ1v) is 7.08. The van der Waals surface area contributed by atoms with Crippen LogP contribution in [0.25, 0.3) is 0 Å². The Hall–Kier alpha value is -1.79. The fourth-order valence-electron chi connectivity index (χ4n) is 1.48. The maximum absolute atomic E-state index is 13.5. The molecule has 19 heavy (non-hydrogen) atoms. The van der Waals surface area contributed by atoms with E-state index in [0.29, 0.717) is 5.02 Å². The molecular weight excluding hydrogens is 291 g/mol. The molecule has 0 atom stereocenters. The summed E-state index contributed by atoms with van der Waals surface area (Å²) >= 11 is 5.73. The van der Waals surface area contributed by atoms with Crippen LogP contribution in [-0.2, 0) is 10.0 Å². The van der Waals surface area contributed by atoms with Crippen LogP contribution in [0.15, 0.2) is 47.4 Å². The second kappa shape index (κ2) is 5.07. The third-order valence-corrected chi connectivity index (χ3v) is 4.13. The molecule has 0 fully saturated rings. The smallest absolute Gasteiger partial charge is 0.264 e. The van der Waals surface area contributed by atoms with Gasteiger partial charge in [0.25, 0.3) is 10.0 Å². The van der Waals surface area contributed by atoms with Crippen LogP contribution in [0.2, 0.25) is 5.02 Å². The molecule has 4 nitrogen and oxygen atoms in total. The molecule has 0 heterocycles. The van der Waals surface area contributed by atoms with Gasteiger partial charge in [-0.2, -0.15) is 0 Å². The second-order valence-electron chi connectivity index (χ2n) is 3.77. The van der Waals surface area contributed by atoms with Gasteiger partial charge in [0, 0.05) is 0 Å². The number of halogens is 2. The molecular formula is C12H10ClFN2O2S. The van der Waals surface area contributed by atoms with E-state index in [0.717, 1.165) is 6.07 Å². The van der Waals surface area contributed by atoms with E-state index in [2.05, 4.69) is 4.72 Å². The molecule has 0 spiro atoms. The fourth-order valence-corrected chi connectivity index (χ4v) is 2.73. The van der Waals surface area contributed by atoms with Crippen molar-refractivity contribution in [3.63, 3.8) is 0 Å². The van der Waals surface area contributed by atoms with E-state index >= 15 is 0 Å². The van der Waals surface area contributed by atoms with Crippen molar-refractivity contribution in [1.29, 1.82) is 0 Å². The van der Waals surface area contributed by atoms with Gasteiger partial charge in [-0.05, 0) is 30.3 Å². The highest BCUT2D eigenvalue weighted by Crippen LogP contribution is 2.24. The quantitative estimate of drug-likeness (QED) is 0.856. The van der Waals surface area contributed by atoms with Crippen LogP contribution >= 0.6 is 11.6 Å². The molecule has 0 saturated heterocycles. The maximum atomic E-state index is 13.5. The van der Waals surface area contributed by atoms with Gasteiger partial charge in [0.05, 0.1) is 16.4 Å². The molecule has 2 aromatic rings. The van der Waals surface area contributed by atoms with Crippen molar-refractivity contribution in [3.8, 4) is 0 Å². The van der Waals surface area contributed by atoms with Gasteiger partial charge in [-0.15, -0.1) is 0 Å². The molecule has 3 N–H and O–H groups in total. The molecule has 0 saturated carbocycles. The summed E-state index contributed by atoms with van der Waals surface area (Å²) in [6.45, 7) is 0. The molecule has 7 heteroatoms. The molecule has 2 aromatic carbocycles. The lowest BCUT2D eigenvalue weighted by Crippen LogP contribution is -2.14. The Morgan fingerprint density at radius 1 is 1.16 bits per heavy atom. The van der Waals surface area contributed by atoms with E-state index in [-0.39, 0.29) is 11.4 Å². The molecule has 0 aliphatic carbocycles. The van der Waals surface area contributed by atoms with Gasteiger partial charge in [0.2, 0.25) is 0 Å². The number of hydrogen-bond donors (Lipinski definition) is 2. The third kappa shape index (κ3) is 2.97. The molecule has 100 valence electrons. The summed E-state index contributed by atoms with van der Waals surface area (Å²) in [6.07, 6.45) is 0. The average Bonchev–Trinajstić information content (AvgIpc) is 2.34. The molecule has 0 radical (unpaired) electrons. The number of nitrogens with one attached hydrogen (secondary N) is 1. The van der Waals surface area contributed by atoms with E-state index in [1.165, 1.54) is 36.4 Å². The summed E-state index contributed by atoms with van der Waals surface area (Å²) in [5.41, 5.74) is 6.01. The zero-order valence-corrected chi connectivity index (χ0v) is 11.2. The Balaban J connectivity index is 2.37. The van der Waals surface area contributed by atoms with E-state index in [1.54, 1.807) is 0 Å². The summed E-state index contributed by atoms with van der Waals surface area (Å²) in [5, 5.41) is 0.314. The fraction of sp³-hybridized carbons (Fsp3) is 0. The number of rotatable bonds is 3. The number of nitrogen functional groups attached to an aromatic ring is 1. The molecule has 2 rings (SSSR count). The normalized spacial score (nSPS) is 11.3. The minimum absolute atomic E-state index is 0.213. The molecule has 0 aliphatic heterocycles. The minimum atomic E-state index is -4.00. The lowest BCUT2D eigenvalue weighted by molar-refractivity contribution is 0.570. The van der Waals surface area contributed by atoms with Crippen LogP contribution < -0.4 is 10.5 Å². The first-order chi connectivity index (χ1) is 8.90. The van der Waals surface area contributed by atoms with Gasteiger partial charge in [-0.1, -0.05) is 23.7 Å². The van der Waals surface area contributed by atoms with Crippen molar-refractivity contribution in [2.24, 2.45) is 0 Å². The Labute approximate surface area is 115 Å². The van der Waals surface area contributed by atoms with Crippen molar-refractivity contribution in [3.05, 3.63) is 53.3 Å². The second-order valence-corrected chi connectivity index (χ2v) is 5.83. The summed E-state index contributed by atoms with van der Waals surface area (Å²) in [4.78, 5) is -0.427. The molecule has 0 unspecified atom stereocenters. The van der Waals surface area contributed by atoms with E-state index in [1.807, 2.05) is 0 Å². The van der Waals surface area contributed by atoms with E-state index in [4.69, 9.17) is 17.3 Å². The van der Waals surface area contributed by atoms with Crippen LogP contribution in [0.1, 0.15) is 0 Å². The monoisotopic (exact) mass is 300 g/mol. The standard InChI is InChI=1S/C12H10ClFN2O2S/c13-9-6-5-8(7-11(9)15)16-19(17,18)12-4-2-1-3-10(12)14/h1-7,16H,15H2. The molecule has 0 aliphatic rings. The highest BCUT2D eigenvalue weighted by Gasteiger charge is 2.18. The van der Waals surface area contributed by atoms with Crippen molar-refractivity contribution >= 4 is 33.0 Å². The Morgan fingerprint density at radius 3 is 2.47 bits per heavy atom.